The van der Waals surface area contributed by atoms with Crippen LogP contribution < -0.4 is 5.32 Å². The number of benzene rings is 1. The van der Waals surface area contributed by atoms with Gasteiger partial charge in [-0.05, 0) is 56.4 Å². The van der Waals surface area contributed by atoms with E-state index in [-0.39, 0.29) is 0 Å². The molecule has 1 N–H and O–H groups in total. The van der Waals surface area contributed by atoms with Crippen LogP contribution in [0.15, 0.2) is 18.2 Å². The van der Waals surface area contributed by atoms with Crippen molar-refractivity contribution in [3.05, 3.63) is 29.6 Å². The number of rotatable bonds is 2. The molecular weight excluding hydrogens is 260 g/mol. The summed E-state index contributed by atoms with van der Waals surface area (Å²) in [6.45, 7) is 3.17. The lowest BCUT2D eigenvalue weighted by atomic mass is 10.0. The molecule has 1 aromatic heterocycles. The van der Waals surface area contributed by atoms with Gasteiger partial charge in [0.25, 0.3) is 0 Å². The van der Waals surface area contributed by atoms with Gasteiger partial charge >= 0.3 is 0 Å². The summed E-state index contributed by atoms with van der Waals surface area (Å²) < 4.78 is 2.37. The fraction of sp³-hybridized carbons (Fsp3) is 0.529. The Hall–Kier alpha value is -1.84. The molecule has 1 aliphatic heterocycles. The molecule has 1 fully saturated rings. The lowest BCUT2D eigenvalue weighted by Gasteiger charge is -2.20. The fourth-order valence-corrected chi connectivity index (χ4v) is 3.78. The maximum absolute atomic E-state index is 4.47. The minimum atomic E-state index is 0.587. The minimum Gasteiger partial charge on any atom is -0.385 e. The predicted octanol–water partition coefficient (Wildman–Crippen LogP) is 3.73. The molecule has 1 aromatic carbocycles. The summed E-state index contributed by atoms with van der Waals surface area (Å²) in [4.78, 5) is 0. The molecule has 0 radical (unpaired) electrons. The van der Waals surface area contributed by atoms with E-state index in [0.29, 0.717) is 6.04 Å². The molecule has 0 unspecified atom stereocenters. The Kier molecular flexibility index (Phi) is 3.17. The van der Waals surface area contributed by atoms with E-state index in [0.717, 1.165) is 24.6 Å². The smallest absolute Gasteiger partial charge is 0.164 e. The van der Waals surface area contributed by atoms with Gasteiger partial charge in [0.2, 0.25) is 0 Å². The van der Waals surface area contributed by atoms with Crippen molar-refractivity contribution < 1.29 is 0 Å². The Bertz CT molecular complexity index is 653. The van der Waals surface area contributed by atoms with Gasteiger partial charge < -0.3 is 9.88 Å². The van der Waals surface area contributed by atoms with Crippen LogP contribution in [0.4, 0.5) is 5.69 Å². The molecular formula is C17H22N4. The molecule has 110 valence electrons. The van der Waals surface area contributed by atoms with E-state index in [1.807, 2.05) is 0 Å². The molecule has 0 bridgehead atoms. The third-order valence-electron chi connectivity index (χ3n) is 4.86. The van der Waals surface area contributed by atoms with E-state index in [4.69, 9.17) is 0 Å². The van der Waals surface area contributed by atoms with Gasteiger partial charge in [0.1, 0.15) is 5.82 Å². The number of nitrogens with zero attached hydrogens (tertiary/aromatic N) is 3. The highest BCUT2D eigenvalue weighted by molar-refractivity contribution is 5.65. The van der Waals surface area contributed by atoms with Crippen LogP contribution >= 0.6 is 0 Å². The average molecular weight is 282 g/mol. The normalized spacial score (nSPS) is 18.5. The van der Waals surface area contributed by atoms with Crippen LogP contribution in [0.3, 0.4) is 0 Å². The van der Waals surface area contributed by atoms with Crippen LogP contribution in [-0.4, -0.2) is 21.3 Å². The molecule has 1 aliphatic carbocycles. The lowest BCUT2D eigenvalue weighted by molar-refractivity contribution is 0.510. The number of nitrogens with one attached hydrogen (secondary N) is 1. The SMILES string of the molecule is Cc1nnc(-c2ccc3c(c2)CCCN3)n1C1CCCC1. The Morgan fingerprint density at radius 1 is 1.14 bits per heavy atom. The summed E-state index contributed by atoms with van der Waals surface area (Å²) in [5.74, 6) is 2.10. The van der Waals surface area contributed by atoms with Crippen molar-refractivity contribution in [1.29, 1.82) is 0 Å². The number of aryl methyl sites for hydroxylation is 2. The first kappa shape index (κ1) is 12.9. The molecule has 4 heteroatoms. The Morgan fingerprint density at radius 3 is 2.86 bits per heavy atom. The third kappa shape index (κ3) is 2.23. The molecule has 2 aromatic rings. The van der Waals surface area contributed by atoms with Crippen LogP contribution in [0.1, 0.15) is 49.5 Å². The summed E-state index contributed by atoms with van der Waals surface area (Å²) in [6, 6.07) is 7.28. The first-order valence-electron chi connectivity index (χ1n) is 8.11. The van der Waals surface area contributed by atoms with Crippen LogP contribution in [0.25, 0.3) is 11.4 Å². The highest BCUT2D eigenvalue weighted by Crippen LogP contribution is 2.35. The minimum absolute atomic E-state index is 0.587. The topological polar surface area (TPSA) is 42.7 Å². The van der Waals surface area contributed by atoms with Crippen LogP contribution in [0, 0.1) is 6.92 Å². The molecule has 0 amide bonds. The summed E-state index contributed by atoms with van der Waals surface area (Å²) in [5.41, 5.74) is 3.91. The van der Waals surface area contributed by atoms with E-state index in [1.165, 1.54) is 48.9 Å². The standard InChI is InChI=1S/C17H22N4/c1-12-19-20-17(21(12)15-6-2-3-7-15)14-8-9-16-13(11-14)5-4-10-18-16/h8-9,11,15,18H,2-7,10H2,1H3. The predicted molar refractivity (Wildman–Crippen MR) is 84.5 cm³/mol. The van der Waals surface area contributed by atoms with Crippen molar-refractivity contribution in [3.8, 4) is 11.4 Å². The number of anilines is 1. The maximum Gasteiger partial charge on any atom is 0.164 e. The van der Waals surface area contributed by atoms with Crippen LogP contribution in [-0.2, 0) is 6.42 Å². The first-order valence-corrected chi connectivity index (χ1v) is 8.11. The number of fused-ring (bicyclic) bond motifs is 1. The van der Waals surface area contributed by atoms with Crippen molar-refractivity contribution in [1.82, 2.24) is 14.8 Å². The van der Waals surface area contributed by atoms with Gasteiger partial charge in [0.05, 0.1) is 0 Å². The largest absolute Gasteiger partial charge is 0.385 e. The summed E-state index contributed by atoms with van der Waals surface area (Å²) in [5, 5.41) is 12.3. The van der Waals surface area contributed by atoms with Gasteiger partial charge in [0.15, 0.2) is 5.82 Å². The molecule has 4 nitrogen and oxygen atoms in total. The molecule has 4 rings (SSSR count). The molecule has 21 heavy (non-hydrogen) atoms. The Morgan fingerprint density at radius 2 is 2.00 bits per heavy atom. The van der Waals surface area contributed by atoms with E-state index < -0.39 is 0 Å². The maximum atomic E-state index is 4.47. The molecule has 0 atom stereocenters. The van der Waals surface area contributed by atoms with Crippen molar-refractivity contribution in [3.63, 3.8) is 0 Å². The van der Waals surface area contributed by atoms with Crippen molar-refractivity contribution in [2.75, 3.05) is 11.9 Å². The molecule has 0 spiro atoms. The van der Waals surface area contributed by atoms with Gasteiger partial charge in [-0.1, -0.05) is 12.8 Å². The first-order chi connectivity index (χ1) is 10.3. The zero-order chi connectivity index (χ0) is 14.2. The second-order valence-electron chi connectivity index (χ2n) is 6.28. The van der Waals surface area contributed by atoms with Gasteiger partial charge in [0, 0.05) is 23.8 Å². The molecule has 1 saturated carbocycles. The molecule has 0 saturated heterocycles. The van der Waals surface area contributed by atoms with Gasteiger partial charge in [-0.25, -0.2) is 0 Å². The Balaban J connectivity index is 1.76. The van der Waals surface area contributed by atoms with Gasteiger partial charge in [-0.3, -0.25) is 0 Å². The van der Waals surface area contributed by atoms with Crippen LogP contribution in [0.2, 0.25) is 0 Å². The van der Waals surface area contributed by atoms with Crippen molar-refractivity contribution in [2.45, 2.75) is 51.5 Å². The highest BCUT2D eigenvalue weighted by Gasteiger charge is 2.23. The second kappa shape index (κ2) is 5.17. The zero-order valence-corrected chi connectivity index (χ0v) is 12.6. The van der Waals surface area contributed by atoms with E-state index in [2.05, 4.69) is 45.2 Å². The number of aromatic nitrogens is 3. The lowest BCUT2D eigenvalue weighted by Crippen LogP contribution is -2.12. The number of hydrogen-bond acceptors (Lipinski definition) is 3. The number of hydrogen-bond donors (Lipinski definition) is 1. The Labute approximate surface area is 125 Å². The molecule has 2 aliphatic rings. The fourth-order valence-electron chi connectivity index (χ4n) is 3.78. The zero-order valence-electron chi connectivity index (χ0n) is 12.6. The van der Waals surface area contributed by atoms with E-state index in [1.54, 1.807) is 0 Å². The van der Waals surface area contributed by atoms with Crippen molar-refractivity contribution >= 4 is 5.69 Å². The van der Waals surface area contributed by atoms with E-state index >= 15 is 0 Å². The highest BCUT2D eigenvalue weighted by atomic mass is 15.3. The van der Waals surface area contributed by atoms with Crippen LogP contribution in [0.5, 0.6) is 0 Å². The summed E-state index contributed by atoms with van der Waals surface area (Å²) in [7, 11) is 0. The van der Waals surface area contributed by atoms with Gasteiger partial charge in [-0.15, -0.1) is 10.2 Å². The quantitative estimate of drug-likeness (QED) is 0.912. The monoisotopic (exact) mass is 282 g/mol. The summed E-state index contributed by atoms with van der Waals surface area (Å²) >= 11 is 0. The van der Waals surface area contributed by atoms with Crippen molar-refractivity contribution in [2.24, 2.45) is 0 Å². The second-order valence-corrected chi connectivity index (χ2v) is 6.28. The van der Waals surface area contributed by atoms with E-state index in [9.17, 15) is 0 Å². The molecule has 2 heterocycles. The van der Waals surface area contributed by atoms with Gasteiger partial charge in [-0.2, -0.15) is 0 Å². The average Bonchev–Trinajstić information content (AvgIpc) is 3.15. The third-order valence-corrected chi connectivity index (χ3v) is 4.86. The summed E-state index contributed by atoms with van der Waals surface area (Å²) in [6.07, 6.45) is 7.56.